The van der Waals surface area contributed by atoms with Crippen LogP contribution in [0.1, 0.15) is 44.9 Å². The summed E-state index contributed by atoms with van der Waals surface area (Å²) in [5.74, 6) is 1.23. The number of aliphatic hydroxyl groups is 1. The van der Waals surface area contributed by atoms with Crippen LogP contribution >= 0.6 is 0 Å². The smallest absolute Gasteiger partial charge is 0.221 e. The molecule has 2 fully saturated rings. The van der Waals surface area contributed by atoms with Crippen molar-refractivity contribution in [3.8, 4) is 0 Å². The molecule has 3 unspecified atom stereocenters. The molecular weight excluding hydrogens is 228 g/mol. The van der Waals surface area contributed by atoms with Crippen LogP contribution in [0.4, 0.5) is 0 Å². The molecule has 0 aromatic heterocycles. The van der Waals surface area contributed by atoms with Crippen LogP contribution in [0.2, 0.25) is 0 Å². The standard InChI is InChI=1S/C14H26N2O2/c17-10-12-5-2-1-4-11(12)9-16-13-6-3-7-15-14(18)8-13/h11-13,16-17H,1-10H2,(H,15,18). The van der Waals surface area contributed by atoms with Gasteiger partial charge in [0.1, 0.15) is 0 Å². The quantitative estimate of drug-likeness (QED) is 0.702. The SMILES string of the molecule is O=C1CC(NCC2CCCCC2CO)CCCN1. The van der Waals surface area contributed by atoms with Crippen LogP contribution in [0.3, 0.4) is 0 Å². The molecule has 1 heterocycles. The van der Waals surface area contributed by atoms with Crippen molar-refractivity contribution in [3.05, 3.63) is 0 Å². The van der Waals surface area contributed by atoms with Crippen molar-refractivity contribution in [1.29, 1.82) is 0 Å². The van der Waals surface area contributed by atoms with E-state index in [2.05, 4.69) is 10.6 Å². The topological polar surface area (TPSA) is 61.4 Å². The van der Waals surface area contributed by atoms with Crippen LogP contribution in [-0.4, -0.2) is 36.8 Å². The first-order valence-electron chi connectivity index (χ1n) is 7.40. The Kier molecular flexibility index (Phi) is 5.45. The average molecular weight is 254 g/mol. The van der Waals surface area contributed by atoms with Gasteiger partial charge in [0.05, 0.1) is 0 Å². The molecule has 3 atom stereocenters. The van der Waals surface area contributed by atoms with Crippen molar-refractivity contribution < 1.29 is 9.90 Å². The predicted molar refractivity (Wildman–Crippen MR) is 71.2 cm³/mol. The molecule has 18 heavy (non-hydrogen) atoms. The Morgan fingerprint density at radius 1 is 1.17 bits per heavy atom. The van der Waals surface area contributed by atoms with Crippen LogP contribution in [0.5, 0.6) is 0 Å². The van der Waals surface area contributed by atoms with Crippen LogP contribution in [0.25, 0.3) is 0 Å². The molecule has 1 aliphatic carbocycles. The highest BCUT2D eigenvalue weighted by Gasteiger charge is 2.25. The highest BCUT2D eigenvalue weighted by atomic mass is 16.3. The summed E-state index contributed by atoms with van der Waals surface area (Å²) in [5.41, 5.74) is 0. The Morgan fingerprint density at radius 3 is 2.72 bits per heavy atom. The number of aliphatic hydroxyl groups excluding tert-OH is 1. The fourth-order valence-corrected chi connectivity index (χ4v) is 3.26. The van der Waals surface area contributed by atoms with Crippen LogP contribution in [0, 0.1) is 11.8 Å². The Hall–Kier alpha value is -0.610. The maximum atomic E-state index is 11.5. The molecule has 0 aromatic rings. The Balaban J connectivity index is 1.76. The van der Waals surface area contributed by atoms with Gasteiger partial charge in [-0.1, -0.05) is 12.8 Å². The van der Waals surface area contributed by atoms with Gasteiger partial charge < -0.3 is 15.7 Å². The van der Waals surface area contributed by atoms with Gasteiger partial charge in [-0.2, -0.15) is 0 Å². The summed E-state index contributed by atoms with van der Waals surface area (Å²) in [6.07, 6.45) is 7.68. The van der Waals surface area contributed by atoms with Crippen molar-refractivity contribution in [1.82, 2.24) is 10.6 Å². The highest BCUT2D eigenvalue weighted by molar-refractivity contribution is 5.76. The van der Waals surface area contributed by atoms with Gasteiger partial charge in [0, 0.05) is 25.6 Å². The van der Waals surface area contributed by atoms with Gasteiger partial charge >= 0.3 is 0 Å². The van der Waals surface area contributed by atoms with E-state index >= 15 is 0 Å². The fraction of sp³-hybridized carbons (Fsp3) is 0.929. The molecule has 0 bridgehead atoms. The third-order valence-electron chi connectivity index (χ3n) is 4.45. The largest absolute Gasteiger partial charge is 0.396 e. The molecule has 0 spiro atoms. The first kappa shape index (κ1) is 13.8. The van der Waals surface area contributed by atoms with Gasteiger partial charge in [-0.3, -0.25) is 4.79 Å². The van der Waals surface area contributed by atoms with Crippen molar-refractivity contribution in [2.24, 2.45) is 11.8 Å². The van der Waals surface area contributed by atoms with Crippen molar-refractivity contribution >= 4 is 5.91 Å². The zero-order valence-corrected chi connectivity index (χ0v) is 11.2. The molecule has 2 rings (SSSR count). The van der Waals surface area contributed by atoms with E-state index < -0.39 is 0 Å². The van der Waals surface area contributed by atoms with E-state index in [-0.39, 0.29) is 5.91 Å². The number of amides is 1. The summed E-state index contributed by atoms with van der Waals surface area (Å²) in [4.78, 5) is 11.5. The zero-order chi connectivity index (χ0) is 12.8. The van der Waals surface area contributed by atoms with Crippen molar-refractivity contribution in [2.75, 3.05) is 19.7 Å². The van der Waals surface area contributed by atoms with E-state index in [1.165, 1.54) is 19.3 Å². The summed E-state index contributed by atoms with van der Waals surface area (Å²) >= 11 is 0. The minimum absolute atomic E-state index is 0.173. The summed E-state index contributed by atoms with van der Waals surface area (Å²) in [5, 5.41) is 15.9. The first-order valence-corrected chi connectivity index (χ1v) is 7.40. The number of carbonyl (C=O) groups is 1. The normalized spacial score (nSPS) is 33.8. The predicted octanol–water partition coefficient (Wildman–Crippen LogP) is 1.04. The van der Waals surface area contributed by atoms with Crippen LogP contribution < -0.4 is 10.6 Å². The molecule has 0 radical (unpaired) electrons. The second-order valence-electron chi connectivity index (χ2n) is 5.79. The van der Waals surface area contributed by atoms with Crippen molar-refractivity contribution in [2.45, 2.75) is 51.0 Å². The lowest BCUT2D eigenvalue weighted by Gasteiger charge is -2.31. The molecule has 0 aromatic carbocycles. The highest BCUT2D eigenvalue weighted by Crippen LogP contribution is 2.29. The number of hydrogen-bond donors (Lipinski definition) is 3. The summed E-state index contributed by atoms with van der Waals surface area (Å²) in [6, 6.07) is 0.328. The van der Waals surface area contributed by atoms with Gasteiger partial charge in [0.25, 0.3) is 0 Å². The molecule has 1 aliphatic heterocycles. The van der Waals surface area contributed by atoms with Crippen molar-refractivity contribution in [3.63, 3.8) is 0 Å². The lowest BCUT2D eigenvalue weighted by Crippen LogP contribution is -2.39. The molecule has 1 saturated carbocycles. The van der Waals surface area contributed by atoms with Gasteiger partial charge in [0.15, 0.2) is 0 Å². The zero-order valence-electron chi connectivity index (χ0n) is 11.2. The molecule has 1 amide bonds. The molecular formula is C14H26N2O2. The Labute approximate surface area is 110 Å². The molecule has 3 N–H and O–H groups in total. The Morgan fingerprint density at radius 2 is 1.94 bits per heavy atom. The van der Waals surface area contributed by atoms with Crippen LogP contribution in [-0.2, 0) is 4.79 Å². The van der Waals surface area contributed by atoms with E-state index in [9.17, 15) is 9.90 Å². The van der Waals surface area contributed by atoms with Gasteiger partial charge in [-0.15, -0.1) is 0 Å². The minimum atomic E-state index is 0.173. The van der Waals surface area contributed by atoms with Gasteiger partial charge in [-0.25, -0.2) is 0 Å². The molecule has 2 aliphatic rings. The average Bonchev–Trinajstić information content (AvgIpc) is 2.61. The van der Waals surface area contributed by atoms with Crippen LogP contribution in [0.15, 0.2) is 0 Å². The van der Waals surface area contributed by atoms with Gasteiger partial charge in [0.2, 0.25) is 5.91 Å². The number of carbonyl (C=O) groups excluding carboxylic acids is 1. The maximum absolute atomic E-state index is 11.5. The van der Waals surface area contributed by atoms with Gasteiger partial charge in [-0.05, 0) is 44.1 Å². The molecule has 104 valence electrons. The Bertz CT molecular complexity index is 271. The van der Waals surface area contributed by atoms with E-state index in [1.807, 2.05) is 0 Å². The van der Waals surface area contributed by atoms with E-state index in [0.29, 0.717) is 30.9 Å². The molecule has 4 heteroatoms. The monoisotopic (exact) mass is 254 g/mol. The minimum Gasteiger partial charge on any atom is -0.396 e. The third-order valence-corrected chi connectivity index (χ3v) is 4.45. The second kappa shape index (κ2) is 7.10. The second-order valence-corrected chi connectivity index (χ2v) is 5.79. The maximum Gasteiger partial charge on any atom is 0.221 e. The molecule has 1 saturated heterocycles. The lowest BCUT2D eigenvalue weighted by atomic mass is 9.79. The summed E-state index contributed by atoms with van der Waals surface area (Å²) < 4.78 is 0. The van der Waals surface area contributed by atoms with E-state index in [1.54, 1.807) is 0 Å². The van der Waals surface area contributed by atoms with E-state index in [4.69, 9.17) is 0 Å². The summed E-state index contributed by atoms with van der Waals surface area (Å²) in [7, 11) is 0. The fourth-order valence-electron chi connectivity index (χ4n) is 3.26. The number of hydrogen-bond acceptors (Lipinski definition) is 3. The summed E-state index contributed by atoms with van der Waals surface area (Å²) in [6.45, 7) is 2.10. The number of nitrogens with one attached hydrogen (secondary N) is 2. The lowest BCUT2D eigenvalue weighted by molar-refractivity contribution is -0.121. The number of rotatable bonds is 4. The first-order chi connectivity index (χ1) is 8.79. The third kappa shape index (κ3) is 3.95. The molecule has 4 nitrogen and oxygen atoms in total. The van der Waals surface area contributed by atoms with E-state index in [0.717, 1.165) is 32.4 Å².